The summed E-state index contributed by atoms with van der Waals surface area (Å²) in [5, 5.41) is 22.5. The standard InChI is InChI=1S/C21H27NOS.C9H18O2.C6H12O2.C2H6/c1-12(2)18(21-22-19(11-24-21)13(3)4)10-20(23)17-9-8-14(5)15(6)16(17)7;1-3-5-7-8(6-4-2)9(10)11;1-5(7)8-6(2,3)4;1-2/h8-11,13,23H,1-7H3;8H,3-7H2,1-2H3,(H,10,11);1-4H3;1-2H3/b20-10+;;;/t;8-;;/m.0../s1. The lowest BCUT2D eigenvalue weighted by Crippen LogP contribution is -2.21. The van der Waals surface area contributed by atoms with Gasteiger partial charge >= 0.3 is 11.9 Å². The first-order valence-corrected chi connectivity index (χ1v) is 17.3. The van der Waals surface area contributed by atoms with E-state index in [9.17, 15) is 14.7 Å². The Balaban J connectivity index is 0. The Morgan fingerprint density at radius 2 is 1.53 bits per heavy atom. The van der Waals surface area contributed by atoms with Crippen molar-refractivity contribution in [3.63, 3.8) is 0 Å². The largest absolute Gasteiger partial charge is 0.507 e. The number of nitrogens with zero attached hydrogens (tertiary/aromatic N) is 1. The van der Waals surface area contributed by atoms with Crippen LogP contribution in [0.5, 0.6) is 0 Å². The van der Waals surface area contributed by atoms with Crippen molar-refractivity contribution in [3.05, 3.63) is 62.1 Å². The van der Waals surface area contributed by atoms with E-state index in [0.717, 1.165) is 65.1 Å². The number of thiazole rings is 1. The number of aromatic nitrogens is 1. The fraction of sp³-hybridized carbons (Fsp3) is 0.605. The van der Waals surface area contributed by atoms with Gasteiger partial charge in [0.1, 0.15) is 16.4 Å². The van der Waals surface area contributed by atoms with Crippen molar-refractivity contribution in [2.45, 2.75) is 147 Å². The van der Waals surface area contributed by atoms with Gasteiger partial charge in [0, 0.05) is 23.4 Å². The lowest BCUT2D eigenvalue weighted by Gasteiger charge is -2.17. The van der Waals surface area contributed by atoms with Crippen molar-refractivity contribution in [2.75, 3.05) is 0 Å². The van der Waals surface area contributed by atoms with Crippen molar-refractivity contribution in [3.8, 4) is 0 Å². The fourth-order valence-electron chi connectivity index (χ4n) is 4.16. The molecule has 0 unspecified atom stereocenters. The van der Waals surface area contributed by atoms with E-state index in [1.54, 1.807) is 11.3 Å². The van der Waals surface area contributed by atoms with Gasteiger partial charge in [-0.25, -0.2) is 4.98 Å². The number of allylic oxidation sites excluding steroid dienone is 3. The summed E-state index contributed by atoms with van der Waals surface area (Å²) in [6.07, 6.45) is 6.63. The SMILES string of the molecule is CC.CC(=O)OC(C)(C)C.CC(C)=C(/C=C(/O)c1ccc(C)c(C)c1C)c1nc(C(C)C)cs1.CCCC[C@H](CCC)C(=O)O. The number of benzene rings is 1. The molecule has 0 saturated carbocycles. The normalized spacial score (nSPS) is 11.6. The molecule has 0 aliphatic carbocycles. The number of aliphatic carboxylic acids is 1. The van der Waals surface area contributed by atoms with Gasteiger partial charge in [-0.1, -0.05) is 78.5 Å². The number of carbonyl (C=O) groups is 2. The van der Waals surface area contributed by atoms with Gasteiger partial charge in [-0.15, -0.1) is 11.3 Å². The zero-order chi connectivity index (χ0) is 35.5. The Morgan fingerprint density at radius 1 is 0.956 bits per heavy atom. The van der Waals surface area contributed by atoms with E-state index < -0.39 is 5.97 Å². The third-order valence-electron chi connectivity index (χ3n) is 6.84. The van der Waals surface area contributed by atoms with Crippen LogP contribution in [-0.2, 0) is 14.3 Å². The number of aliphatic hydroxyl groups is 1. The maximum Gasteiger partial charge on any atom is 0.306 e. The van der Waals surface area contributed by atoms with E-state index in [1.165, 1.54) is 18.1 Å². The highest BCUT2D eigenvalue weighted by Gasteiger charge is 2.15. The number of hydrogen-bond acceptors (Lipinski definition) is 6. The molecule has 0 spiro atoms. The van der Waals surface area contributed by atoms with Crippen molar-refractivity contribution >= 4 is 34.6 Å². The van der Waals surface area contributed by atoms with Crippen molar-refractivity contribution in [1.29, 1.82) is 0 Å². The number of carboxylic acids is 1. The highest BCUT2D eigenvalue weighted by Crippen LogP contribution is 2.30. The highest BCUT2D eigenvalue weighted by atomic mass is 32.1. The van der Waals surface area contributed by atoms with Gasteiger partial charge in [0.25, 0.3) is 0 Å². The third kappa shape index (κ3) is 18.0. The molecule has 1 aromatic heterocycles. The summed E-state index contributed by atoms with van der Waals surface area (Å²) in [7, 11) is 0. The molecule has 6 nitrogen and oxygen atoms in total. The van der Waals surface area contributed by atoms with Gasteiger partial charge in [-0.05, 0) is 96.9 Å². The molecule has 1 atom stereocenters. The molecule has 7 heteroatoms. The summed E-state index contributed by atoms with van der Waals surface area (Å²) in [4.78, 5) is 25.6. The number of rotatable bonds is 10. The second kappa shape index (κ2) is 22.6. The number of aryl methyl sites for hydroxylation is 1. The topological polar surface area (TPSA) is 96.7 Å². The van der Waals surface area contributed by atoms with E-state index in [1.807, 2.05) is 53.7 Å². The van der Waals surface area contributed by atoms with Gasteiger partial charge in [0.15, 0.2) is 0 Å². The Bertz CT molecular complexity index is 1230. The predicted molar refractivity (Wildman–Crippen MR) is 194 cm³/mol. The molecule has 256 valence electrons. The molecule has 1 aromatic carbocycles. The zero-order valence-corrected chi connectivity index (χ0v) is 31.8. The first-order valence-electron chi connectivity index (χ1n) is 16.4. The molecule has 45 heavy (non-hydrogen) atoms. The maximum absolute atomic E-state index is 10.7. The van der Waals surface area contributed by atoms with E-state index in [-0.39, 0.29) is 17.5 Å². The molecule has 0 amide bonds. The maximum atomic E-state index is 10.7. The second-order valence-corrected chi connectivity index (χ2v) is 13.4. The van der Waals surface area contributed by atoms with Crippen LogP contribution in [-0.4, -0.2) is 32.7 Å². The average Bonchev–Trinajstić information content (AvgIpc) is 3.43. The molecular formula is C38H63NO5S. The minimum atomic E-state index is -0.625. The fourth-order valence-corrected chi connectivity index (χ4v) is 5.27. The number of ether oxygens (including phenoxy) is 1. The van der Waals surface area contributed by atoms with Gasteiger partial charge in [0.2, 0.25) is 0 Å². The van der Waals surface area contributed by atoms with Crippen LogP contribution in [0.15, 0.2) is 29.2 Å². The number of carbonyl (C=O) groups excluding carboxylic acids is 1. The highest BCUT2D eigenvalue weighted by molar-refractivity contribution is 7.10. The van der Waals surface area contributed by atoms with Gasteiger partial charge in [0.05, 0.1) is 11.6 Å². The van der Waals surface area contributed by atoms with E-state index in [2.05, 4.69) is 66.8 Å². The smallest absolute Gasteiger partial charge is 0.306 e. The van der Waals surface area contributed by atoms with E-state index in [4.69, 9.17) is 14.8 Å². The van der Waals surface area contributed by atoms with Crippen LogP contribution in [0.2, 0.25) is 0 Å². The molecule has 1 heterocycles. The van der Waals surface area contributed by atoms with Crippen LogP contribution in [0.25, 0.3) is 11.3 Å². The lowest BCUT2D eigenvalue weighted by molar-refractivity contribution is -0.152. The Labute approximate surface area is 279 Å². The first kappa shape index (κ1) is 44.2. The zero-order valence-electron chi connectivity index (χ0n) is 31.0. The van der Waals surface area contributed by atoms with Crippen LogP contribution in [0, 0.1) is 26.7 Å². The van der Waals surface area contributed by atoms with E-state index in [0.29, 0.717) is 11.7 Å². The number of unbranched alkanes of at least 4 members (excludes halogenated alkanes) is 1. The van der Waals surface area contributed by atoms with Gasteiger partial charge in [-0.2, -0.15) is 0 Å². The number of hydrogen-bond donors (Lipinski definition) is 2. The summed E-state index contributed by atoms with van der Waals surface area (Å²) in [5.74, 6) is -0.237. The molecule has 0 saturated heterocycles. The van der Waals surface area contributed by atoms with Crippen LogP contribution >= 0.6 is 11.3 Å². The minimum absolute atomic E-state index is 0.0973. The van der Waals surface area contributed by atoms with Crippen molar-refractivity contribution in [2.24, 2.45) is 5.92 Å². The number of esters is 1. The molecule has 2 rings (SSSR count). The molecule has 2 aromatic rings. The Kier molecular flexibility index (Phi) is 22.2. The molecule has 2 N–H and O–H groups in total. The summed E-state index contributed by atoms with van der Waals surface area (Å²) >= 11 is 1.64. The minimum Gasteiger partial charge on any atom is -0.507 e. The molecule has 0 bridgehead atoms. The van der Waals surface area contributed by atoms with Crippen molar-refractivity contribution in [1.82, 2.24) is 4.98 Å². The number of aliphatic hydroxyl groups excluding tert-OH is 1. The van der Waals surface area contributed by atoms with Crippen LogP contribution in [0.4, 0.5) is 0 Å². The average molecular weight is 646 g/mol. The van der Waals surface area contributed by atoms with E-state index >= 15 is 0 Å². The predicted octanol–water partition coefficient (Wildman–Crippen LogP) is 11.6. The summed E-state index contributed by atoms with van der Waals surface area (Å²) in [6.45, 7) is 29.7. The Hall–Kier alpha value is -2.93. The van der Waals surface area contributed by atoms with Crippen molar-refractivity contribution < 1.29 is 24.5 Å². The van der Waals surface area contributed by atoms with Crippen LogP contribution in [0.3, 0.4) is 0 Å². The summed E-state index contributed by atoms with van der Waals surface area (Å²) in [5.41, 5.74) is 7.40. The molecular weight excluding hydrogens is 582 g/mol. The molecule has 0 aliphatic rings. The molecule has 0 fully saturated rings. The van der Waals surface area contributed by atoms with Gasteiger partial charge in [-0.3, -0.25) is 9.59 Å². The first-order chi connectivity index (χ1) is 20.9. The third-order valence-corrected chi connectivity index (χ3v) is 7.73. The monoisotopic (exact) mass is 645 g/mol. The quantitative estimate of drug-likeness (QED) is 0.152. The number of carboxylic acid groups (broad SMARTS) is 1. The summed E-state index contributed by atoms with van der Waals surface area (Å²) < 4.78 is 4.80. The summed E-state index contributed by atoms with van der Waals surface area (Å²) in [6, 6.07) is 4.05. The Morgan fingerprint density at radius 3 is 1.91 bits per heavy atom. The molecule has 0 aliphatic heterocycles. The lowest BCUT2D eigenvalue weighted by atomic mass is 9.96. The second-order valence-electron chi connectivity index (χ2n) is 12.5. The van der Waals surface area contributed by atoms with Crippen LogP contribution < -0.4 is 0 Å². The molecule has 0 radical (unpaired) electrons. The van der Waals surface area contributed by atoms with Crippen LogP contribution in [0.1, 0.15) is 154 Å². The van der Waals surface area contributed by atoms with Gasteiger partial charge < -0.3 is 14.9 Å².